The highest BCUT2D eigenvalue weighted by atomic mass is 16.6. The molecule has 1 aromatic rings. The van der Waals surface area contributed by atoms with Gasteiger partial charge in [0, 0.05) is 6.07 Å². The van der Waals surface area contributed by atoms with E-state index in [2.05, 4.69) is 10.3 Å². The number of aliphatic hydroxyl groups is 1. The number of aryl methyl sites for hydroxylation is 1. The van der Waals surface area contributed by atoms with Gasteiger partial charge < -0.3 is 15.5 Å². The van der Waals surface area contributed by atoms with Gasteiger partial charge >= 0.3 is 5.97 Å². The van der Waals surface area contributed by atoms with Crippen molar-refractivity contribution in [1.82, 2.24) is 4.98 Å². The number of anilines is 1. The van der Waals surface area contributed by atoms with Gasteiger partial charge in [-0.1, -0.05) is 0 Å². The fraction of sp³-hybridized carbons (Fsp3) is 0.400. The molecule has 3 N–H and O–H groups in total. The molecule has 0 radical (unpaired) electrons. The number of hydrogen-bond donors (Lipinski definition) is 3. The van der Waals surface area contributed by atoms with Crippen molar-refractivity contribution >= 4 is 17.5 Å². The minimum atomic E-state index is -1.93. The quantitative estimate of drug-likeness (QED) is 0.518. The average molecular weight is 255 g/mol. The molecule has 1 heterocycles. The van der Waals surface area contributed by atoms with Crippen LogP contribution in [0.15, 0.2) is 12.1 Å². The van der Waals surface area contributed by atoms with Crippen molar-refractivity contribution in [3.8, 4) is 0 Å². The molecule has 1 aromatic heterocycles. The molecule has 0 fully saturated rings. The number of rotatable bonds is 5. The molecule has 0 saturated heterocycles. The Hall–Kier alpha value is -2.22. The zero-order chi connectivity index (χ0) is 13.9. The van der Waals surface area contributed by atoms with E-state index in [1.807, 2.05) is 0 Å². The molecule has 0 aromatic carbocycles. The van der Waals surface area contributed by atoms with Crippen LogP contribution in [0.25, 0.3) is 0 Å². The van der Waals surface area contributed by atoms with Crippen molar-refractivity contribution in [2.75, 3.05) is 11.9 Å². The van der Waals surface area contributed by atoms with E-state index in [0.29, 0.717) is 0 Å². The predicted molar refractivity (Wildman–Crippen MR) is 62.4 cm³/mol. The molecule has 0 aliphatic rings. The van der Waals surface area contributed by atoms with Crippen LogP contribution in [0.5, 0.6) is 0 Å². The second kappa shape index (κ2) is 4.96. The molecule has 1 unspecified atom stereocenters. The van der Waals surface area contributed by atoms with Gasteiger partial charge in [0.15, 0.2) is 5.60 Å². The fourth-order valence-electron chi connectivity index (χ4n) is 1.18. The summed E-state index contributed by atoms with van der Waals surface area (Å²) in [5.74, 6) is -1.10. The first-order valence-electron chi connectivity index (χ1n) is 5.06. The van der Waals surface area contributed by atoms with Gasteiger partial charge in [0.25, 0.3) is 5.69 Å². The lowest BCUT2D eigenvalue weighted by Gasteiger charge is -2.18. The second-order valence-corrected chi connectivity index (χ2v) is 3.99. The highest BCUT2D eigenvalue weighted by Gasteiger charge is 2.29. The van der Waals surface area contributed by atoms with Gasteiger partial charge in [0.2, 0.25) is 0 Å². The van der Waals surface area contributed by atoms with Crippen LogP contribution in [0.3, 0.4) is 0 Å². The van der Waals surface area contributed by atoms with Gasteiger partial charge in [-0.05, 0) is 19.9 Å². The molecule has 1 atom stereocenters. The average Bonchev–Trinajstić information content (AvgIpc) is 2.25. The maximum absolute atomic E-state index is 10.7. The van der Waals surface area contributed by atoms with Crippen LogP contribution in [0.4, 0.5) is 11.5 Å². The van der Waals surface area contributed by atoms with Crippen LogP contribution in [-0.4, -0.2) is 38.2 Å². The number of carbonyl (C=O) groups is 1. The normalized spacial score (nSPS) is 13.7. The Morgan fingerprint density at radius 1 is 1.61 bits per heavy atom. The van der Waals surface area contributed by atoms with E-state index in [4.69, 9.17) is 5.11 Å². The van der Waals surface area contributed by atoms with Crippen molar-refractivity contribution in [2.24, 2.45) is 0 Å². The number of aromatic nitrogens is 1. The van der Waals surface area contributed by atoms with Crippen LogP contribution < -0.4 is 5.32 Å². The molecule has 0 aliphatic heterocycles. The zero-order valence-corrected chi connectivity index (χ0v) is 9.88. The summed E-state index contributed by atoms with van der Waals surface area (Å²) < 4.78 is 0. The van der Waals surface area contributed by atoms with Crippen molar-refractivity contribution in [1.29, 1.82) is 0 Å². The molecule has 8 nitrogen and oxygen atoms in total. The van der Waals surface area contributed by atoms with Crippen LogP contribution in [0.1, 0.15) is 12.6 Å². The Labute approximate surface area is 102 Å². The van der Waals surface area contributed by atoms with E-state index in [-0.39, 0.29) is 23.7 Å². The zero-order valence-electron chi connectivity index (χ0n) is 9.88. The van der Waals surface area contributed by atoms with Crippen LogP contribution in [-0.2, 0) is 4.79 Å². The third-order valence-electron chi connectivity index (χ3n) is 2.33. The highest BCUT2D eigenvalue weighted by Crippen LogP contribution is 2.18. The molecular weight excluding hydrogens is 242 g/mol. The predicted octanol–water partition coefficient (Wildman–Crippen LogP) is 0.546. The Bertz CT molecular complexity index is 486. The molecule has 0 bridgehead atoms. The number of hydrogen-bond acceptors (Lipinski definition) is 6. The molecule has 0 saturated carbocycles. The van der Waals surface area contributed by atoms with E-state index in [1.165, 1.54) is 19.1 Å². The number of carboxylic acid groups (broad SMARTS) is 1. The Morgan fingerprint density at radius 3 is 2.67 bits per heavy atom. The summed E-state index contributed by atoms with van der Waals surface area (Å²) in [5, 5.41) is 31.3. The highest BCUT2D eigenvalue weighted by molar-refractivity contribution is 5.77. The van der Waals surface area contributed by atoms with E-state index in [0.717, 1.165) is 6.92 Å². The number of pyridine rings is 1. The summed E-state index contributed by atoms with van der Waals surface area (Å²) in [5.41, 5.74) is -1.84. The molecular formula is C10H13N3O5. The number of carboxylic acids is 1. The van der Waals surface area contributed by atoms with E-state index in [9.17, 15) is 20.0 Å². The van der Waals surface area contributed by atoms with Crippen LogP contribution in [0, 0.1) is 17.0 Å². The van der Waals surface area contributed by atoms with Crippen LogP contribution in [0.2, 0.25) is 0 Å². The largest absolute Gasteiger partial charge is 0.479 e. The van der Waals surface area contributed by atoms with Gasteiger partial charge in [0.05, 0.1) is 11.5 Å². The van der Waals surface area contributed by atoms with E-state index < -0.39 is 16.5 Å². The molecule has 1 rings (SSSR count). The van der Waals surface area contributed by atoms with Gasteiger partial charge in [0.1, 0.15) is 11.5 Å². The number of aliphatic carboxylic acids is 1. The van der Waals surface area contributed by atoms with E-state index >= 15 is 0 Å². The molecule has 0 amide bonds. The van der Waals surface area contributed by atoms with Gasteiger partial charge in [-0.25, -0.2) is 9.78 Å². The monoisotopic (exact) mass is 255 g/mol. The van der Waals surface area contributed by atoms with Crippen molar-refractivity contribution < 1.29 is 19.9 Å². The minimum absolute atomic E-state index is 0.120. The SMILES string of the molecule is Cc1nc(NCC(C)(O)C(=O)O)ccc1[N+](=O)[O-]. The first-order valence-corrected chi connectivity index (χ1v) is 5.06. The molecule has 8 heteroatoms. The number of nitrogens with one attached hydrogen (secondary N) is 1. The maximum atomic E-state index is 10.7. The van der Waals surface area contributed by atoms with E-state index in [1.54, 1.807) is 0 Å². The maximum Gasteiger partial charge on any atom is 0.337 e. The van der Waals surface area contributed by atoms with Gasteiger partial charge in [-0.3, -0.25) is 10.1 Å². The fourth-order valence-corrected chi connectivity index (χ4v) is 1.18. The first-order chi connectivity index (χ1) is 8.24. The first kappa shape index (κ1) is 13.8. The second-order valence-electron chi connectivity index (χ2n) is 3.99. The molecule has 18 heavy (non-hydrogen) atoms. The third kappa shape index (κ3) is 3.14. The standard InChI is InChI=1S/C10H13N3O5/c1-6-7(13(17)18)3-4-8(12-6)11-5-10(2,16)9(14)15/h3-4,16H,5H2,1-2H3,(H,11,12)(H,14,15). The number of nitrogens with zero attached hydrogens (tertiary/aromatic N) is 2. The van der Waals surface area contributed by atoms with Gasteiger partial charge in [-0.15, -0.1) is 0 Å². The summed E-state index contributed by atoms with van der Waals surface area (Å²) in [6.07, 6.45) is 0. The lowest BCUT2D eigenvalue weighted by Crippen LogP contribution is -2.41. The van der Waals surface area contributed by atoms with Crippen molar-refractivity contribution in [3.05, 3.63) is 27.9 Å². The van der Waals surface area contributed by atoms with Crippen molar-refractivity contribution in [3.63, 3.8) is 0 Å². The topological polar surface area (TPSA) is 126 Å². The third-order valence-corrected chi connectivity index (χ3v) is 2.33. The Kier molecular flexibility index (Phi) is 3.82. The molecule has 0 spiro atoms. The summed E-state index contributed by atoms with van der Waals surface area (Å²) in [7, 11) is 0. The smallest absolute Gasteiger partial charge is 0.337 e. The molecule has 0 aliphatic carbocycles. The Morgan fingerprint density at radius 2 is 2.22 bits per heavy atom. The minimum Gasteiger partial charge on any atom is -0.479 e. The van der Waals surface area contributed by atoms with Crippen molar-refractivity contribution in [2.45, 2.75) is 19.4 Å². The lowest BCUT2D eigenvalue weighted by atomic mass is 10.1. The summed E-state index contributed by atoms with van der Waals surface area (Å²) in [6.45, 7) is 2.35. The lowest BCUT2D eigenvalue weighted by molar-refractivity contribution is -0.385. The summed E-state index contributed by atoms with van der Waals surface area (Å²) in [4.78, 5) is 24.6. The summed E-state index contributed by atoms with van der Waals surface area (Å²) in [6, 6.07) is 2.61. The number of nitro groups is 1. The van der Waals surface area contributed by atoms with Crippen LogP contribution >= 0.6 is 0 Å². The Balaban J connectivity index is 2.79. The van der Waals surface area contributed by atoms with Gasteiger partial charge in [-0.2, -0.15) is 0 Å². The molecule has 98 valence electrons. The summed E-state index contributed by atoms with van der Waals surface area (Å²) >= 11 is 0.